The molecular formula is C30H17ClN2O4. The van der Waals surface area contributed by atoms with E-state index in [0.29, 0.717) is 27.3 Å². The molecule has 0 spiro atoms. The molecule has 0 fully saturated rings. The summed E-state index contributed by atoms with van der Waals surface area (Å²) in [6.07, 6.45) is 0. The van der Waals surface area contributed by atoms with Crippen molar-refractivity contribution in [1.82, 2.24) is 9.97 Å². The Hall–Kier alpha value is -4.68. The highest BCUT2D eigenvalue weighted by molar-refractivity contribution is 6.30. The lowest BCUT2D eigenvalue weighted by Crippen LogP contribution is -2.25. The summed E-state index contributed by atoms with van der Waals surface area (Å²) < 4.78 is 11.8. The number of halogens is 1. The van der Waals surface area contributed by atoms with Gasteiger partial charge in [-0.05, 0) is 35.2 Å². The maximum Gasteiger partial charge on any atom is 0.347 e. The number of hydrogen-bond donors (Lipinski definition) is 1. The summed E-state index contributed by atoms with van der Waals surface area (Å²) >= 11 is 6.16. The predicted octanol–water partition coefficient (Wildman–Crippen LogP) is 6.64. The van der Waals surface area contributed by atoms with Crippen LogP contribution in [0.1, 0.15) is 22.6 Å². The molecule has 3 heterocycles. The number of nitrogens with zero attached hydrogens (tertiary/aromatic N) is 1. The van der Waals surface area contributed by atoms with E-state index in [2.05, 4.69) is 9.97 Å². The topological polar surface area (TPSA) is 85.2 Å². The van der Waals surface area contributed by atoms with Crippen LogP contribution in [-0.2, 0) is 0 Å². The van der Waals surface area contributed by atoms with Gasteiger partial charge in [0.05, 0.1) is 5.56 Å². The number of H-pyrrole nitrogens is 1. The average molecular weight is 505 g/mol. The molecule has 0 saturated carbocycles. The predicted molar refractivity (Wildman–Crippen MR) is 143 cm³/mol. The van der Waals surface area contributed by atoms with Crippen molar-refractivity contribution < 1.29 is 9.15 Å². The van der Waals surface area contributed by atoms with Gasteiger partial charge < -0.3 is 14.1 Å². The Morgan fingerprint density at radius 3 is 2.43 bits per heavy atom. The van der Waals surface area contributed by atoms with Crippen molar-refractivity contribution >= 4 is 33.3 Å². The van der Waals surface area contributed by atoms with Crippen molar-refractivity contribution in [1.29, 1.82) is 0 Å². The van der Waals surface area contributed by atoms with E-state index in [4.69, 9.17) is 20.8 Å². The zero-order chi connectivity index (χ0) is 25.1. The molecule has 1 aliphatic rings. The van der Waals surface area contributed by atoms with Gasteiger partial charge in [0, 0.05) is 27.3 Å². The molecule has 6 nitrogen and oxygen atoms in total. The molecule has 4 aromatic carbocycles. The first-order chi connectivity index (χ1) is 18.1. The van der Waals surface area contributed by atoms with Crippen molar-refractivity contribution in [3.05, 3.63) is 133 Å². The molecule has 1 N–H and O–H groups in total. The Kier molecular flexibility index (Phi) is 4.77. The summed E-state index contributed by atoms with van der Waals surface area (Å²) in [5.41, 5.74) is 1.68. The van der Waals surface area contributed by atoms with E-state index < -0.39 is 17.1 Å². The van der Waals surface area contributed by atoms with Crippen LogP contribution in [0.4, 0.5) is 0 Å². The van der Waals surface area contributed by atoms with E-state index in [1.807, 2.05) is 60.7 Å². The van der Waals surface area contributed by atoms with E-state index in [9.17, 15) is 9.59 Å². The first-order valence-corrected chi connectivity index (χ1v) is 12.1. The maximum absolute atomic E-state index is 13.6. The number of aromatic amines is 1. The zero-order valence-corrected chi connectivity index (χ0v) is 20.0. The molecular weight excluding hydrogens is 488 g/mol. The van der Waals surface area contributed by atoms with Crippen molar-refractivity contribution in [2.45, 2.75) is 5.92 Å². The van der Waals surface area contributed by atoms with Crippen LogP contribution in [-0.4, -0.2) is 9.97 Å². The normalized spacial score (nSPS) is 14.2. The number of fused-ring (bicyclic) bond motifs is 5. The zero-order valence-electron chi connectivity index (χ0n) is 19.2. The molecule has 178 valence electrons. The summed E-state index contributed by atoms with van der Waals surface area (Å²) in [7, 11) is 0. The van der Waals surface area contributed by atoms with Crippen LogP contribution < -0.4 is 15.9 Å². The summed E-state index contributed by atoms with van der Waals surface area (Å²) in [6, 6.07) is 28.1. The number of nitrogens with one attached hydrogen (secondary N) is 1. The van der Waals surface area contributed by atoms with Crippen molar-refractivity contribution in [2.75, 3.05) is 0 Å². The Morgan fingerprint density at radius 2 is 1.59 bits per heavy atom. The molecule has 0 bridgehead atoms. The smallest absolute Gasteiger partial charge is 0.347 e. The molecule has 0 saturated heterocycles. The van der Waals surface area contributed by atoms with Crippen LogP contribution >= 0.6 is 11.6 Å². The molecule has 2 aromatic heterocycles. The highest BCUT2D eigenvalue weighted by Gasteiger charge is 2.34. The first-order valence-electron chi connectivity index (χ1n) is 11.7. The van der Waals surface area contributed by atoms with Crippen LogP contribution in [0, 0.1) is 0 Å². The van der Waals surface area contributed by atoms with Crippen LogP contribution in [0.15, 0.2) is 105 Å². The van der Waals surface area contributed by atoms with Gasteiger partial charge in [-0.25, -0.2) is 4.79 Å². The molecule has 1 atom stereocenters. The van der Waals surface area contributed by atoms with Gasteiger partial charge >= 0.3 is 5.63 Å². The molecule has 7 heteroatoms. The third-order valence-electron chi connectivity index (χ3n) is 6.73. The largest absolute Gasteiger partial charge is 0.437 e. The third kappa shape index (κ3) is 3.45. The number of aromatic nitrogens is 2. The number of hydrogen-bond acceptors (Lipinski definition) is 5. The van der Waals surface area contributed by atoms with Gasteiger partial charge in [-0.2, -0.15) is 4.98 Å². The minimum absolute atomic E-state index is 0.0850. The first kappa shape index (κ1) is 21.6. The highest BCUT2D eigenvalue weighted by atomic mass is 35.5. The lowest BCUT2D eigenvalue weighted by molar-refractivity contribution is 0.436. The molecule has 1 aliphatic heterocycles. The highest BCUT2D eigenvalue weighted by Crippen LogP contribution is 2.48. The quantitative estimate of drug-likeness (QED) is 0.267. The third-order valence-corrected chi connectivity index (χ3v) is 6.98. The van der Waals surface area contributed by atoms with Crippen molar-refractivity contribution in [2.24, 2.45) is 0 Å². The summed E-state index contributed by atoms with van der Waals surface area (Å²) in [6.45, 7) is 0. The van der Waals surface area contributed by atoms with Crippen molar-refractivity contribution in [3.8, 4) is 23.0 Å². The van der Waals surface area contributed by atoms with E-state index in [-0.39, 0.29) is 17.3 Å². The fourth-order valence-electron chi connectivity index (χ4n) is 5.00. The van der Waals surface area contributed by atoms with Crippen LogP contribution in [0.3, 0.4) is 0 Å². The Balaban J connectivity index is 1.49. The fraction of sp³-hybridized carbons (Fsp3) is 0.0333. The summed E-state index contributed by atoms with van der Waals surface area (Å²) in [5, 5.41) is 3.22. The molecule has 7 rings (SSSR count). The monoisotopic (exact) mass is 504 g/mol. The van der Waals surface area contributed by atoms with Gasteiger partial charge in [0.25, 0.3) is 5.56 Å². The van der Waals surface area contributed by atoms with E-state index in [0.717, 1.165) is 21.9 Å². The van der Waals surface area contributed by atoms with Gasteiger partial charge in [0.15, 0.2) is 5.82 Å². The van der Waals surface area contributed by atoms with Crippen molar-refractivity contribution in [3.63, 3.8) is 0 Å². The second kappa shape index (κ2) is 8.18. The van der Waals surface area contributed by atoms with Gasteiger partial charge in [-0.1, -0.05) is 78.3 Å². The lowest BCUT2D eigenvalue weighted by Gasteiger charge is -2.28. The number of para-hydroxylation sites is 1. The van der Waals surface area contributed by atoms with E-state index in [1.54, 1.807) is 30.3 Å². The Labute approximate surface area is 214 Å². The molecule has 0 radical (unpaired) electrons. The SMILES string of the molecule is O=c1[nH]c(-c2cc3ccccc3oc2=O)nc2c1C(c1ccc(Cl)cc1)c1ccc3ccccc3c1O2. The maximum atomic E-state index is 13.6. The van der Waals surface area contributed by atoms with Gasteiger partial charge in [0.2, 0.25) is 5.88 Å². The number of ether oxygens (including phenoxy) is 1. The molecule has 0 aliphatic carbocycles. The molecule has 37 heavy (non-hydrogen) atoms. The Bertz CT molecular complexity index is 1980. The molecule has 0 amide bonds. The molecule has 6 aromatic rings. The number of benzene rings is 4. The van der Waals surface area contributed by atoms with E-state index >= 15 is 0 Å². The molecule has 1 unspecified atom stereocenters. The van der Waals surface area contributed by atoms with Gasteiger partial charge in [-0.15, -0.1) is 0 Å². The van der Waals surface area contributed by atoms with Crippen LogP contribution in [0.25, 0.3) is 33.1 Å². The van der Waals surface area contributed by atoms with Crippen LogP contribution in [0.5, 0.6) is 11.6 Å². The summed E-state index contributed by atoms with van der Waals surface area (Å²) in [4.78, 5) is 33.9. The van der Waals surface area contributed by atoms with Crippen LogP contribution in [0.2, 0.25) is 5.02 Å². The second-order valence-corrected chi connectivity index (χ2v) is 9.35. The number of rotatable bonds is 2. The lowest BCUT2D eigenvalue weighted by atomic mass is 9.83. The second-order valence-electron chi connectivity index (χ2n) is 8.91. The average Bonchev–Trinajstić information content (AvgIpc) is 2.92. The fourth-order valence-corrected chi connectivity index (χ4v) is 5.13. The Morgan fingerprint density at radius 1 is 0.838 bits per heavy atom. The van der Waals surface area contributed by atoms with Gasteiger partial charge in [-0.3, -0.25) is 4.79 Å². The summed E-state index contributed by atoms with van der Waals surface area (Å²) in [5.74, 6) is 0.413. The standard InChI is InChI=1S/C30H17ClN2O4/c31-19-12-9-17(10-13-19)24-21-14-11-16-5-1-3-7-20(16)26(21)37-29-25(24)28(34)32-27(33-29)22-15-18-6-2-4-8-23(18)36-30(22)35/h1-15,24H,(H,32,33,34). The minimum Gasteiger partial charge on any atom is -0.437 e. The minimum atomic E-state index is -0.599. The van der Waals surface area contributed by atoms with E-state index in [1.165, 1.54) is 0 Å². The van der Waals surface area contributed by atoms with Gasteiger partial charge in [0.1, 0.15) is 16.9 Å².